The van der Waals surface area contributed by atoms with Gasteiger partial charge in [-0.15, -0.1) is 0 Å². The SMILES string of the molecule is CCN(c1ccc(C(F)(F)F)cc1CN)C(C)C. The second-order valence-corrected chi connectivity index (χ2v) is 4.43. The van der Waals surface area contributed by atoms with E-state index >= 15 is 0 Å². The molecular weight excluding hydrogens is 241 g/mol. The Labute approximate surface area is 106 Å². The van der Waals surface area contributed by atoms with Crippen molar-refractivity contribution < 1.29 is 13.2 Å². The van der Waals surface area contributed by atoms with Crippen molar-refractivity contribution in [3.05, 3.63) is 29.3 Å². The van der Waals surface area contributed by atoms with E-state index in [9.17, 15) is 13.2 Å². The first-order chi connectivity index (χ1) is 8.31. The van der Waals surface area contributed by atoms with Crippen LogP contribution in [-0.2, 0) is 12.7 Å². The molecule has 0 spiro atoms. The van der Waals surface area contributed by atoms with Crippen LogP contribution in [0, 0.1) is 0 Å². The van der Waals surface area contributed by atoms with Gasteiger partial charge in [0.05, 0.1) is 5.56 Å². The van der Waals surface area contributed by atoms with E-state index in [1.54, 1.807) is 0 Å². The molecule has 102 valence electrons. The van der Waals surface area contributed by atoms with Gasteiger partial charge in [-0.2, -0.15) is 13.2 Å². The zero-order chi connectivity index (χ0) is 13.9. The molecule has 0 aliphatic rings. The Kier molecular flexibility index (Phi) is 4.62. The molecule has 0 saturated carbocycles. The average molecular weight is 260 g/mol. The van der Waals surface area contributed by atoms with Gasteiger partial charge in [0, 0.05) is 24.8 Å². The number of halogens is 3. The number of rotatable bonds is 4. The number of benzene rings is 1. The summed E-state index contributed by atoms with van der Waals surface area (Å²) in [6.07, 6.45) is -4.32. The fourth-order valence-electron chi connectivity index (χ4n) is 2.02. The minimum Gasteiger partial charge on any atom is -0.369 e. The maximum Gasteiger partial charge on any atom is 0.416 e. The molecule has 0 heterocycles. The summed E-state index contributed by atoms with van der Waals surface area (Å²) in [7, 11) is 0. The Bertz CT molecular complexity index is 400. The lowest BCUT2D eigenvalue weighted by Gasteiger charge is -2.30. The second-order valence-electron chi connectivity index (χ2n) is 4.43. The van der Waals surface area contributed by atoms with E-state index in [0.29, 0.717) is 5.56 Å². The summed E-state index contributed by atoms with van der Waals surface area (Å²) in [6, 6.07) is 3.98. The van der Waals surface area contributed by atoms with E-state index in [-0.39, 0.29) is 12.6 Å². The van der Waals surface area contributed by atoms with Crippen molar-refractivity contribution in [2.24, 2.45) is 5.73 Å². The van der Waals surface area contributed by atoms with Crippen LogP contribution in [0.4, 0.5) is 18.9 Å². The topological polar surface area (TPSA) is 29.3 Å². The molecule has 18 heavy (non-hydrogen) atoms. The number of anilines is 1. The Morgan fingerprint density at radius 2 is 1.89 bits per heavy atom. The van der Waals surface area contributed by atoms with Crippen LogP contribution < -0.4 is 10.6 Å². The molecule has 0 amide bonds. The highest BCUT2D eigenvalue weighted by Crippen LogP contribution is 2.33. The molecular formula is C13H19F3N2. The first-order valence-corrected chi connectivity index (χ1v) is 5.98. The van der Waals surface area contributed by atoms with Crippen LogP contribution >= 0.6 is 0 Å². The van der Waals surface area contributed by atoms with E-state index in [1.807, 2.05) is 25.7 Å². The summed E-state index contributed by atoms with van der Waals surface area (Å²) in [5.41, 5.74) is 6.22. The van der Waals surface area contributed by atoms with Crippen LogP contribution in [0.15, 0.2) is 18.2 Å². The molecule has 0 aromatic heterocycles. The first kappa shape index (κ1) is 14.8. The highest BCUT2D eigenvalue weighted by Gasteiger charge is 2.31. The van der Waals surface area contributed by atoms with Crippen LogP contribution in [-0.4, -0.2) is 12.6 Å². The monoisotopic (exact) mass is 260 g/mol. The van der Waals surface area contributed by atoms with E-state index in [0.717, 1.165) is 24.4 Å². The van der Waals surface area contributed by atoms with Gasteiger partial charge in [0.2, 0.25) is 0 Å². The van der Waals surface area contributed by atoms with Crippen LogP contribution in [0.25, 0.3) is 0 Å². The molecule has 0 aliphatic carbocycles. The number of alkyl halides is 3. The molecule has 0 radical (unpaired) electrons. The smallest absolute Gasteiger partial charge is 0.369 e. The predicted octanol–water partition coefficient (Wildman–Crippen LogP) is 3.40. The molecule has 0 saturated heterocycles. The summed E-state index contributed by atoms with van der Waals surface area (Å²) >= 11 is 0. The molecule has 0 fully saturated rings. The highest BCUT2D eigenvalue weighted by atomic mass is 19.4. The minimum absolute atomic E-state index is 0.0997. The Morgan fingerprint density at radius 1 is 1.28 bits per heavy atom. The fraction of sp³-hybridized carbons (Fsp3) is 0.538. The van der Waals surface area contributed by atoms with Crippen molar-refractivity contribution in [1.29, 1.82) is 0 Å². The van der Waals surface area contributed by atoms with Crippen molar-refractivity contribution in [3.8, 4) is 0 Å². The molecule has 1 rings (SSSR count). The molecule has 1 aromatic carbocycles. The van der Waals surface area contributed by atoms with Crippen LogP contribution in [0.5, 0.6) is 0 Å². The number of hydrogen-bond acceptors (Lipinski definition) is 2. The lowest BCUT2D eigenvalue weighted by atomic mass is 10.1. The van der Waals surface area contributed by atoms with E-state index < -0.39 is 11.7 Å². The van der Waals surface area contributed by atoms with Gasteiger partial charge in [0.25, 0.3) is 0 Å². The quantitative estimate of drug-likeness (QED) is 0.899. The van der Waals surface area contributed by atoms with Gasteiger partial charge < -0.3 is 10.6 Å². The summed E-state index contributed by atoms with van der Waals surface area (Å²) in [4.78, 5) is 2.03. The van der Waals surface area contributed by atoms with Gasteiger partial charge in [-0.1, -0.05) is 0 Å². The first-order valence-electron chi connectivity index (χ1n) is 5.98. The third kappa shape index (κ3) is 3.16. The Balaban J connectivity index is 3.23. The fourth-order valence-corrected chi connectivity index (χ4v) is 2.02. The van der Waals surface area contributed by atoms with Gasteiger partial charge in [0.15, 0.2) is 0 Å². The molecule has 0 unspecified atom stereocenters. The zero-order valence-corrected chi connectivity index (χ0v) is 10.9. The number of nitrogens with zero attached hydrogens (tertiary/aromatic N) is 1. The normalized spacial score (nSPS) is 12.0. The summed E-state index contributed by atoms with van der Waals surface area (Å²) < 4.78 is 37.9. The summed E-state index contributed by atoms with van der Waals surface area (Å²) in [6.45, 7) is 6.80. The Hall–Kier alpha value is -1.23. The second kappa shape index (κ2) is 5.61. The van der Waals surface area contributed by atoms with Gasteiger partial charge in [-0.05, 0) is 44.5 Å². The lowest BCUT2D eigenvalue weighted by Crippen LogP contribution is -2.31. The standard InChI is InChI=1S/C13H19F3N2/c1-4-18(9(2)3)12-6-5-11(13(14,15)16)7-10(12)8-17/h5-7,9H,4,8,17H2,1-3H3. The van der Waals surface area contributed by atoms with Crippen LogP contribution in [0.3, 0.4) is 0 Å². The zero-order valence-electron chi connectivity index (χ0n) is 10.9. The van der Waals surface area contributed by atoms with Gasteiger partial charge in [-0.25, -0.2) is 0 Å². The lowest BCUT2D eigenvalue weighted by molar-refractivity contribution is -0.137. The number of hydrogen-bond donors (Lipinski definition) is 1. The van der Waals surface area contributed by atoms with Gasteiger partial charge in [0.1, 0.15) is 0 Å². The predicted molar refractivity (Wildman–Crippen MR) is 67.5 cm³/mol. The molecule has 2 N–H and O–H groups in total. The molecule has 0 atom stereocenters. The third-order valence-corrected chi connectivity index (χ3v) is 2.90. The minimum atomic E-state index is -4.32. The van der Waals surface area contributed by atoms with Crippen molar-refractivity contribution >= 4 is 5.69 Å². The van der Waals surface area contributed by atoms with Crippen LogP contribution in [0.2, 0.25) is 0 Å². The van der Waals surface area contributed by atoms with Gasteiger partial charge >= 0.3 is 6.18 Å². The van der Waals surface area contributed by atoms with E-state index in [1.165, 1.54) is 6.07 Å². The highest BCUT2D eigenvalue weighted by molar-refractivity contribution is 5.56. The summed E-state index contributed by atoms with van der Waals surface area (Å²) in [5.74, 6) is 0. The van der Waals surface area contributed by atoms with E-state index in [2.05, 4.69) is 0 Å². The maximum atomic E-state index is 12.6. The largest absolute Gasteiger partial charge is 0.416 e. The molecule has 0 bridgehead atoms. The molecule has 2 nitrogen and oxygen atoms in total. The van der Waals surface area contributed by atoms with Crippen molar-refractivity contribution in [1.82, 2.24) is 0 Å². The van der Waals surface area contributed by atoms with Crippen molar-refractivity contribution in [3.63, 3.8) is 0 Å². The van der Waals surface area contributed by atoms with Gasteiger partial charge in [-0.3, -0.25) is 0 Å². The van der Waals surface area contributed by atoms with Crippen LogP contribution in [0.1, 0.15) is 31.9 Å². The summed E-state index contributed by atoms with van der Waals surface area (Å²) in [5, 5.41) is 0. The molecule has 5 heteroatoms. The molecule has 1 aromatic rings. The average Bonchev–Trinajstić information content (AvgIpc) is 2.28. The third-order valence-electron chi connectivity index (χ3n) is 2.90. The number of nitrogens with two attached hydrogens (primary N) is 1. The van der Waals surface area contributed by atoms with Crippen molar-refractivity contribution in [2.75, 3.05) is 11.4 Å². The Morgan fingerprint density at radius 3 is 2.28 bits per heavy atom. The van der Waals surface area contributed by atoms with E-state index in [4.69, 9.17) is 5.73 Å². The maximum absolute atomic E-state index is 12.6. The van der Waals surface area contributed by atoms with Crippen molar-refractivity contribution in [2.45, 2.75) is 39.5 Å². The molecule has 0 aliphatic heterocycles.